The van der Waals surface area contributed by atoms with Crippen molar-refractivity contribution in [2.24, 2.45) is 0 Å². The number of methoxy groups -OCH3 is 1. The Bertz CT molecular complexity index is 967. The van der Waals surface area contributed by atoms with Gasteiger partial charge in [-0.05, 0) is 24.3 Å². The van der Waals surface area contributed by atoms with E-state index in [4.69, 9.17) is 4.74 Å². The first-order valence-electron chi connectivity index (χ1n) is 8.66. The molecule has 0 amide bonds. The van der Waals surface area contributed by atoms with E-state index in [0.717, 1.165) is 21.9 Å². The molecule has 0 radical (unpaired) electrons. The molecule has 3 aromatic rings. The molecule has 3 rings (SSSR count). The SMILES string of the molecule is C=C(C#Cc1ccc(OC)cc1)CP(=O)(c1ccccc1)c1ccccc1. The van der Waals surface area contributed by atoms with Gasteiger partial charge in [0.2, 0.25) is 0 Å². The van der Waals surface area contributed by atoms with Gasteiger partial charge < -0.3 is 9.30 Å². The lowest BCUT2D eigenvalue weighted by Crippen LogP contribution is -2.18. The monoisotopic (exact) mass is 372 g/mol. The Kier molecular flexibility index (Phi) is 5.97. The van der Waals surface area contributed by atoms with Crippen LogP contribution < -0.4 is 15.3 Å². The topological polar surface area (TPSA) is 26.3 Å². The fraction of sp³-hybridized carbons (Fsp3) is 0.0833. The fourth-order valence-corrected chi connectivity index (χ4v) is 5.40. The molecule has 0 saturated heterocycles. The van der Waals surface area contributed by atoms with Crippen LogP contribution in [-0.4, -0.2) is 13.3 Å². The summed E-state index contributed by atoms with van der Waals surface area (Å²) in [7, 11) is -1.20. The highest BCUT2D eigenvalue weighted by atomic mass is 31.2. The summed E-state index contributed by atoms with van der Waals surface area (Å²) in [6.07, 6.45) is 0.324. The summed E-state index contributed by atoms with van der Waals surface area (Å²) >= 11 is 0. The van der Waals surface area contributed by atoms with Gasteiger partial charge in [-0.1, -0.05) is 79.1 Å². The fourth-order valence-electron chi connectivity index (χ4n) is 2.81. The maximum Gasteiger partial charge on any atom is 0.148 e. The van der Waals surface area contributed by atoms with E-state index < -0.39 is 7.14 Å². The predicted molar refractivity (Wildman–Crippen MR) is 114 cm³/mol. The zero-order valence-electron chi connectivity index (χ0n) is 15.3. The second kappa shape index (κ2) is 8.58. The first-order valence-corrected chi connectivity index (χ1v) is 10.6. The van der Waals surface area contributed by atoms with Crippen LogP contribution in [-0.2, 0) is 4.57 Å². The molecule has 0 unspecified atom stereocenters. The molecule has 27 heavy (non-hydrogen) atoms. The number of hydrogen-bond donors (Lipinski definition) is 0. The number of hydrogen-bond acceptors (Lipinski definition) is 2. The number of allylic oxidation sites excluding steroid dienone is 1. The summed E-state index contributed by atoms with van der Waals surface area (Å²) in [5.41, 5.74) is 1.52. The van der Waals surface area contributed by atoms with E-state index in [1.54, 1.807) is 7.11 Å². The molecule has 3 heteroatoms. The van der Waals surface area contributed by atoms with Crippen molar-refractivity contribution in [3.63, 3.8) is 0 Å². The van der Waals surface area contributed by atoms with Crippen molar-refractivity contribution >= 4 is 17.8 Å². The van der Waals surface area contributed by atoms with E-state index in [9.17, 15) is 4.57 Å². The third kappa shape index (κ3) is 4.59. The van der Waals surface area contributed by atoms with Crippen LogP contribution in [0.15, 0.2) is 97.1 Å². The van der Waals surface area contributed by atoms with Crippen molar-refractivity contribution in [1.82, 2.24) is 0 Å². The second-order valence-electron chi connectivity index (χ2n) is 6.15. The van der Waals surface area contributed by atoms with E-state index in [2.05, 4.69) is 18.4 Å². The average Bonchev–Trinajstić information content (AvgIpc) is 2.74. The Hall–Kier alpha value is -3.01. The zero-order valence-corrected chi connectivity index (χ0v) is 16.2. The molecule has 0 aliphatic carbocycles. The van der Waals surface area contributed by atoms with Gasteiger partial charge in [0.15, 0.2) is 0 Å². The first kappa shape index (κ1) is 18.8. The highest BCUT2D eigenvalue weighted by molar-refractivity contribution is 7.78. The molecule has 134 valence electrons. The van der Waals surface area contributed by atoms with Crippen LogP contribution in [0, 0.1) is 11.8 Å². The lowest BCUT2D eigenvalue weighted by Gasteiger charge is -2.19. The normalized spacial score (nSPS) is 10.6. The minimum Gasteiger partial charge on any atom is -0.497 e. The molecule has 0 atom stereocenters. The standard InChI is InChI=1S/C24H21O2P/c1-20(13-14-21-15-17-22(26-2)18-16-21)19-27(25,23-9-5-3-6-10-23)24-11-7-4-8-12-24/h3-12,15-18H,1,19H2,2H3. The van der Waals surface area contributed by atoms with Crippen LogP contribution in [0.5, 0.6) is 5.75 Å². The van der Waals surface area contributed by atoms with Crippen molar-refractivity contribution in [2.75, 3.05) is 13.3 Å². The maximum atomic E-state index is 14.0. The number of ether oxygens (including phenoxy) is 1. The molecular formula is C24H21O2P. The van der Waals surface area contributed by atoms with E-state index in [-0.39, 0.29) is 0 Å². The van der Waals surface area contributed by atoms with Crippen molar-refractivity contribution < 1.29 is 9.30 Å². The third-order valence-electron chi connectivity index (χ3n) is 4.23. The van der Waals surface area contributed by atoms with Crippen molar-refractivity contribution in [3.8, 4) is 17.6 Å². The van der Waals surface area contributed by atoms with Crippen molar-refractivity contribution in [1.29, 1.82) is 0 Å². The van der Waals surface area contributed by atoms with Gasteiger partial charge in [0.05, 0.1) is 7.11 Å². The van der Waals surface area contributed by atoms with E-state index in [1.807, 2.05) is 84.9 Å². The number of rotatable bonds is 5. The highest BCUT2D eigenvalue weighted by Crippen LogP contribution is 2.44. The van der Waals surface area contributed by atoms with Crippen molar-refractivity contribution in [2.45, 2.75) is 0 Å². The molecule has 2 nitrogen and oxygen atoms in total. The highest BCUT2D eigenvalue weighted by Gasteiger charge is 2.27. The molecule has 0 heterocycles. The Morgan fingerprint density at radius 3 is 1.89 bits per heavy atom. The lowest BCUT2D eigenvalue weighted by atomic mass is 10.2. The maximum absolute atomic E-state index is 14.0. The Morgan fingerprint density at radius 1 is 0.889 bits per heavy atom. The van der Waals surface area contributed by atoms with Crippen LogP contribution in [0.25, 0.3) is 0 Å². The Labute approximate surface area is 160 Å². The summed E-state index contributed by atoms with van der Waals surface area (Å²) in [6, 6.07) is 26.7. The molecule has 0 N–H and O–H groups in total. The van der Waals surface area contributed by atoms with Crippen LogP contribution in [0.4, 0.5) is 0 Å². The molecule has 0 saturated carbocycles. The first-order chi connectivity index (χ1) is 13.1. The van der Waals surface area contributed by atoms with E-state index in [0.29, 0.717) is 11.7 Å². The summed E-state index contributed by atoms with van der Waals surface area (Å²) in [5.74, 6) is 6.96. The van der Waals surface area contributed by atoms with Crippen LogP contribution >= 0.6 is 7.14 Å². The van der Waals surface area contributed by atoms with Gasteiger partial charge in [0.25, 0.3) is 0 Å². The van der Waals surface area contributed by atoms with Gasteiger partial charge >= 0.3 is 0 Å². The van der Waals surface area contributed by atoms with Gasteiger partial charge in [-0.2, -0.15) is 0 Å². The van der Waals surface area contributed by atoms with Crippen molar-refractivity contribution in [3.05, 3.63) is 103 Å². The van der Waals surface area contributed by atoms with Gasteiger partial charge in [0.1, 0.15) is 12.9 Å². The summed E-state index contributed by atoms with van der Waals surface area (Å²) in [4.78, 5) is 0. The van der Waals surface area contributed by atoms with Gasteiger partial charge in [-0.15, -0.1) is 0 Å². The minimum atomic E-state index is -2.84. The molecule has 0 bridgehead atoms. The van der Waals surface area contributed by atoms with Crippen LogP contribution in [0.1, 0.15) is 5.56 Å². The molecule has 0 aromatic heterocycles. The third-order valence-corrected chi connectivity index (χ3v) is 7.33. The van der Waals surface area contributed by atoms with E-state index in [1.165, 1.54) is 0 Å². The Morgan fingerprint density at radius 2 is 1.41 bits per heavy atom. The predicted octanol–water partition coefficient (Wildman–Crippen LogP) is 4.62. The molecule has 0 spiro atoms. The smallest absolute Gasteiger partial charge is 0.148 e. The average molecular weight is 372 g/mol. The number of benzene rings is 3. The zero-order chi connectivity index (χ0) is 19.1. The Balaban J connectivity index is 1.88. The summed E-state index contributed by atoms with van der Waals surface area (Å²) in [5, 5.41) is 1.65. The second-order valence-corrected chi connectivity index (χ2v) is 8.98. The molecule has 0 aliphatic heterocycles. The quantitative estimate of drug-likeness (QED) is 0.483. The summed E-state index contributed by atoms with van der Waals surface area (Å²) < 4.78 is 19.1. The van der Waals surface area contributed by atoms with Gasteiger partial charge in [0, 0.05) is 27.9 Å². The van der Waals surface area contributed by atoms with Gasteiger partial charge in [-0.25, -0.2) is 0 Å². The molecule has 0 aliphatic rings. The molecule has 0 fully saturated rings. The van der Waals surface area contributed by atoms with Crippen LogP contribution in [0.3, 0.4) is 0 Å². The largest absolute Gasteiger partial charge is 0.497 e. The minimum absolute atomic E-state index is 0.324. The van der Waals surface area contributed by atoms with E-state index >= 15 is 0 Å². The molecule has 3 aromatic carbocycles. The van der Waals surface area contributed by atoms with Gasteiger partial charge in [-0.3, -0.25) is 0 Å². The lowest BCUT2D eigenvalue weighted by molar-refractivity contribution is 0.415. The summed E-state index contributed by atoms with van der Waals surface area (Å²) in [6.45, 7) is 4.07. The molecular weight excluding hydrogens is 351 g/mol. The van der Waals surface area contributed by atoms with Crippen LogP contribution in [0.2, 0.25) is 0 Å².